The van der Waals surface area contributed by atoms with Crippen molar-refractivity contribution in [2.24, 2.45) is 0 Å². The Morgan fingerprint density at radius 1 is 0.903 bits per heavy atom. The van der Waals surface area contributed by atoms with E-state index in [0.29, 0.717) is 10.7 Å². The van der Waals surface area contributed by atoms with E-state index >= 15 is 0 Å². The first-order valence-corrected chi connectivity index (χ1v) is 12.1. The molecule has 1 N–H and O–H groups in total. The number of carbonyl (C=O) groups excluding carboxylic acids is 1. The number of amides is 1. The topological polar surface area (TPSA) is 66.5 Å². The first-order chi connectivity index (χ1) is 14.7. The number of rotatable bonds is 7. The second-order valence-corrected chi connectivity index (χ2v) is 9.77. The van der Waals surface area contributed by atoms with Crippen molar-refractivity contribution in [3.63, 3.8) is 0 Å². The lowest BCUT2D eigenvalue weighted by Gasteiger charge is -2.30. The van der Waals surface area contributed by atoms with Gasteiger partial charge in [-0.25, -0.2) is 8.42 Å². The van der Waals surface area contributed by atoms with E-state index in [1.807, 2.05) is 61.5 Å². The van der Waals surface area contributed by atoms with Crippen molar-refractivity contribution < 1.29 is 13.2 Å². The first kappa shape index (κ1) is 22.8. The summed E-state index contributed by atoms with van der Waals surface area (Å²) < 4.78 is 26.2. The smallest absolute Gasteiger partial charge is 0.244 e. The molecule has 0 saturated carbocycles. The zero-order valence-corrected chi connectivity index (χ0v) is 19.2. The Hall–Kier alpha value is -2.83. The van der Waals surface area contributed by atoms with Crippen LogP contribution in [0.5, 0.6) is 0 Å². The number of nitrogens with zero attached hydrogens (tertiary/aromatic N) is 1. The zero-order valence-electron chi connectivity index (χ0n) is 17.6. The summed E-state index contributed by atoms with van der Waals surface area (Å²) >= 11 is 5.94. The van der Waals surface area contributed by atoms with Crippen LogP contribution < -0.4 is 9.62 Å². The van der Waals surface area contributed by atoms with E-state index in [1.54, 1.807) is 31.2 Å². The SMILES string of the molecule is Cc1ccc([C@H](NC(=O)[C@H](C)N(c2ccc(Cl)cc2)S(C)(=O)=O)c2ccccc2)cc1. The van der Waals surface area contributed by atoms with E-state index in [2.05, 4.69) is 5.32 Å². The van der Waals surface area contributed by atoms with Gasteiger partial charge in [-0.05, 0) is 49.2 Å². The van der Waals surface area contributed by atoms with Gasteiger partial charge in [0.15, 0.2) is 0 Å². The highest BCUT2D eigenvalue weighted by Gasteiger charge is 2.30. The first-order valence-electron chi connectivity index (χ1n) is 9.83. The Morgan fingerprint density at radius 2 is 1.45 bits per heavy atom. The van der Waals surface area contributed by atoms with Gasteiger partial charge in [0.25, 0.3) is 0 Å². The van der Waals surface area contributed by atoms with Gasteiger partial charge >= 0.3 is 0 Å². The standard InChI is InChI=1S/C24H25ClN2O3S/c1-17-9-11-20(12-10-17)23(19-7-5-4-6-8-19)26-24(28)18(2)27(31(3,29)30)22-15-13-21(25)14-16-22/h4-16,18,23H,1-3H3,(H,26,28)/t18-,23+/m0/s1. The van der Waals surface area contributed by atoms with Gasteiger partial charge in [0.1, 0.15) is 6.04 Å². The quantitative estimate of drug-likeness (QED) is 0.560. The van der Waals surface area contributed by atoms with Crippen molar-refractivity contribution in [2.45, 2.75) is 25.9 Å². The van der Waals surface area contributed by atoms with Crippen LogP contribution in [0.2, 0.25) is 5.02 Å². The van der Waals surface area contributed by atoms with Crippen LogP contribution in [0.15, 0.2) is 78.9 Å². The lowest BCUT2D eigenvalue weighted by Crippen LogP contribution is -2.48. The third-order valence-electron chi connectivity index (χ3n) is 5.00. The summed E-state index contributed by atoms with van der Waals surface area (Å²) in [7, 11) is -3.72. The predicted molar refractivity (Wildman–Crippen MR) is 126 cm³/mol. The van der Waals surface area contributed by atoms with Gasteiger partial charge in [0, 0.05) is 5.02 Å². The third-order valence-corrected chi connectivity index (χ3v) is 6.49. The van der Waals surface area contributed by atoms with Crippen molar-refractivity contribution in [3.05, 3.63) is 101 Å². The molecular weight excluding hydrogens is 432 g/mol. The molecule has 0 saturated heterocycles. The van der Waals surface area contributed by atoms with E-state index < -0.39 is 28.0 Å². The van der Waals surface area contributed by atoms with E-state index in [0.717, 1.165) is 27.3 Å². The number of hydrogen-bond donors (Lipinski definition) is 1. The fraction of sp³-hybridized carbons (Fsp3) is 0.208. The molecule has 1 amide bonds. The van der Waals surface area contributed by atoms with Crippen molar-refractivity contribution in [3.8, 4) is 0 Å². The summed E-state index contributed by atoms with van der Waals surface area (Å²) in [4.78, 5) is 13.3. The molecule has 0 aliphatic heterocycles. The molecule has 0 aliphatic carbocycles. The largest absolute Gasteiger partial charge is 0.343 e. The summed E-state index contributed by atoms with van der Waals surface area (Å²) in [5.74, 6) is -0.408. The van der Waals surface area contributed by atoms with Crippen LogP contribution in [0.25, 0.3) is 0 Å². The molecule has 3 aromatic carbocycles. The average molecular weight is 457 g/mol. The molecule has 3 aromatic rings. The van der Waals surface area contributed by atoms with Crippen LogP contribution in [-0.2, 0) is 14.8 Å². The molecule has 0 spiro atoms. The van der Waals surface area contributed by atoms with E-state index in [4.69, 9.17) is 11.6 Å². The highest BCUT2D eigenvalue weighted by Crippen LogP contribution is 2.26. The molecule has 0 unspecified atom stereocenters. The molecule has 0 radical (unpaired) electrons. The minimum absolute atomic E-state index is 0.376. The van der Waals surface area contributed by atoms with E-state index in [9.17, 15) is 13.2 Å². The van der Waals surface area contributed by atoms with Crippen LogP contribution in [-0.4, -0.2) is 26.6 Å². The molecule has 0 fully saturated rings. The maximum absolute atomic E-state index is 13.3. The highest BCUT2D eigenvalue weighted by atomic mass is 35.5. The van der Waals surface area contributed by atoms with E-state index in [-0.39, 0.29) is 0 Å². The number of sulfonamides is 1. The molecule has 3 rings (SSSR count). The minimum atomic E-state index is -3.72. The van der Waals surface area contributed by atoms with Gasteiger partial charge in [0.05, 0.1) is 18.0 Å². The Morgan fingerprint density at radius 3 is 2.00 bits per heavy atom. The Labute approximate surface area is 188 Å². The lowest BCUT2D eigenvalue weighted by atomic mass is 9.97. The maximum atomic E-state index is 13.3. The number of nitrogens with one attached hydrogen (secondary N) is 1. The summed E-state index contributed by atoms with van der Waals surface area (Å²) in [5, 5.41) is 3.52. The maximum Gasteiger partial charge on any atom is 0.244 e. The van der Waals surface area contributed by atoms with Gasteiger partial charge in [-0.15, -0.1) is 0 Å². The molecule has 162 valence electrons. The monoisotopic (exact) mass is 456 g/mol. The molecular formula is C24H25ClN2O3S. The molecule has 31 heavy (non-hydrogen) atoms. The molecule has 5 nitrogen and oxygen atoms in total. The minimum Gasteiger partial charge on any atom is -0.343 e. The molecule has 0 heterocycles. The molecule has 0 bridgehead atoms. The number of carbonyl (C=O) groups is 1. The zero-order chi connectivity index (χ0) is 22.6. The molecule has 0 aliphatic rings. The Kier molecular flexibility index (Phi) is 7.03. The summed E-state index contributed by atoms with van der Waals surface area (Å²) in [6.45, 7) is 3.57. The normalized spacial score (nSPS) is 13.3. The fourth-order valence-corrected chi connectivity index (χ4v) is 4.72. The third kappa shape index (κ3) is 5.66. The molecule has 2 atom stereocenters. The van der Waals surface area contributed by atoms with Crippen molar-refractivity contribution in [2.75, 3.05) is 10.6 Å². The molecule has 0 aromatic heterocycles. The van der Waals surface area contributed by atoms with Crippen LogP contribution in [0.3, 0.4) is 0 Å². The van der Waals surface area contributed by atoms with Crippen LogP contribution in [0.1, 0.15) is 29.7 Å². The van der Waals surface area contributed by atoms with Crippen molar-refractivity contribution in [1.82, 2.24) is 5.32 Å². The van der Waals surface area contributed by atoms with Crippen LogP contribution in [0, 0.1) is 6.92 Å². The number of halogens is 1. The predicted octanol–water partition coefficient (Wildman–Crippen LogP) is 4.71. The van der Waals surface area contributed by atoms with Gasteiger partial charge in [-0.2, -0.15) is 0 Å². The van der Waals surface area contributed by atoms with Crippen LogP contribution in [0.4, 0.5) is 5.69 Å². The second-order valence-electron chi connectivity index (χ2n) is 7.47. The second kappa shape index (κ2) is 9.54. The number of benzene rings is 3. The van der Waals surface area contributed by atoms with Gasteiger partial charge in [-0.1, -0.05) is 71.8 Å². The summed E-state index contributed by atoms with van der Waals surface area (Å²) in [6, 6.07) is 22.5. The lowest BCUT2D eigenvalue weighted by molar-refractivity contribution is -0.122. The Bertz CT molecular complexity index is 1130. The van der Waals surface area contributed by atoms with E-state index in [1.165, 1.54) is 0 Å². The van der Waals surface area contributed by atoms with Crippen LogP contribution >= 0.6 is 11.6 Å². The fourth-order valence-electron chi connectivity index (χ4n) is 3.42. The summed E-state index contributed by atoms with van der Waals surface area (Å²) in [6.07, 6.45) is 1.08. The van der Waals surface area contributed by atoms with Crippen molar-refractivity contribution >= 4 is 33.2 Å². The van der Waals surface area contributed by atoms with Crippen molar-refractivity contribution in [1.29, 1.82) is 0 Å². The molecule has 7 heteroatoms. The van der Waals surface area contributed by atoms with Gasteiger partial charge in [0.2, 0.25) is 15.9 Å². The highest BCUT2D eigenvalue weighted by molar-refractivity contribution is 7.92. The van der Waals surface area contributed by atoms with Gasteiger partial charge in [-0.3, -0.25) is 9.10 Å². The van der Waals surface area contributed by atoms with Gasteiger partial charge < -0.3 is 5.32 Å². The number of aryl methyl sites for hydroxylation is 1. The Balaban J connectivity index is 1.94. The number of anilines is 1. The number of hydrogen-bond acceptors (Lipinski definition) is 3. The average Bonchev–Trinajstić information content (AvgIpc) is 2.74. The summed E-state index contributed by atoms with van der Waals surface area (Å²) in [5.41, 5.74) is 3.31.